The zero-order valence-electron chi connectivity index (χ0n) is 17.8. The van der Waals surface area contributed by atoms with Crippen LogP contribution in [0.4, 0.5) is 0 Å². The summed E-state index contributed by atoms with van der Waals surface area (Å²) in [5.74, 6) is -1.88. The van der Waals surface area contributed by atoms with E-state index in [9.17, 15) is 40.2 Å². The maximum Gasteiger partial charge on any atom is 0.302 e. The zero-order chi connectivity index (χ0) is 24.7. The Balaban J connectivity index is 1.89. The van der Waals surface area contributed by atoms with Crippen molar-refractivity contribution in [3.63, 3.8) is 0 Å². The van der Waals surface area contributed by atoms with Crippen LogP contribution in [0.25, 0.3) is 22.3 Å². The maximum absolute atomic E-state index is 12.8. The van der Waals surface area contributed by atoms with Gasteiger partial charge in [0.1, 0.15) is 65.5 Å². The third-order valence-corrected chi connectivity index (χ3v) is 5.60. The van der Waals surface area contributed by atoms with E-state index in [1.54, 1.807) is 0 Å². The van der Waals surface area contributed by atoms with E-state index in [1.807, 2.05) is 0 Å². The van der Waals surface area contributed by atoms with Gasteiger partial charge >= 0.3 is 5.97 Å². The lowest BCUT2D eigenvalue weighted by atomic mass is 9.89. The normalized spacial score (nSPS) is 24.8. The number of aliphatic hydroxyl groups is 3. The Hall–Kier alpha value is -3.64. The first-order chi connectivity index (χ1) is 16.1. The van der Waals surface area contributed by atoms with Crippen molar-refractivity contribution in [2.75, 3.05) is 6.61 Å². The second-order valence-electron chi connectivity index (χ2n) is 7.92. The number of hydrogen-bond acceptors (Lipinski definition) is 11. The molecule has 1 aromatic heterocycles. The van der Waals surface area contributed by atoms with E-state index >= 15 is 0 Å². The summed E-state index contributed by atoms with van der Waals surface area (Å²) in [6, 6.07) is 7.66. The summed E-state index contributed by atoms with van der Waals surface area (Å²) in [6.07, 6.45) is -8.02. The van der Waals surface area contributed by atoms with Gasteiger partial charge in [0.05, 0.1) is 5.56 Å². The summed E-state index contributed by atoms with van der Waals surface area (Å²) >= 11 is 0. The number of aromatic hydroxyl groups is 3. The van der Waals surface area contributed by atoms with Gasteiger partial charge in [-0.1, -0.05) is 0 Å². The van der Waals surface area contributed by atoms with Crippen LogP contribution in [0.1, 0.15) is 18.6 Å². The van der Waals surface area contributed by atoms with Gasteiger partial charge in [-0.25, -0.2) is 0 Å². The third-order valence-electron chi connectivity index (χ3n) is 5.60. The number of hydrogen-bond donors (Lipinski definition) is 6. The molecule has 5 atom stereocenters. The predicted octanol–water partition coefficient (Wildman–Crippen LogP) is 0.662. The van der Waals surface area contributed by atoms with Crippen molar-refractivity contribution >= 4 is 16.9 Å². The van der Waals surface area contributed by atoms with Crippen LogP contribution in [0.15, 0.2) is 45.6 Å². The van der Waals surface area contributed by atoms with E-state index in [-0.39, 0.29) is 28.0 Å². The average Bonchev–Trinajstić information content (AvgIpc) is 2.78. The van der Waals surface area contributed by atoms with Crippen LogP contribution in [0.2, 0.25) is 0 Å². The standard InChI is InChI=1S/C23H22O11/c1-9(24)32-8-16-19(29)20(30)21(31)23(34-16)18-13(27)6-12(26)17-14(28)7-15(33-22(17)18)10-2-4-11(25)5-3-10/h2-7,16,19-21,23,25-27,29-31H,8H2,1H3. The summed E-state index contributed by atoms with van der Waals surface area (Å²) in [7, 11) is 0. The van der Waals surface area contributed by atoms with E-state index in [0.717, 1.165) is 19.1 Å². The van der Waals surface area contributed by atoms with Crippen molar-refractivity contribution in [2.24, 2.45) is 0 Å². The Labute approximate surface area is 191 Å². The fourth-order valence-electron chi connectivity index (χ4n) is 3.89. The van der Waals surface area contributed by atoms with Crippen LogP contribution in [0.3, 0.4) is 0 Å². The molecule has 5 unspecified atom stereocenters. The smallest absolute Gasteiger partial charge is 0.302 e. The molecule has 0 amide bonds. The van der Waals surface area contributed by atoms with E-state index in [4.69, 9.17) is 13.9 Å². The number of benzene rings is 2. The molecule has 0 saturated carbocycles. The van der Waals surface area contributed by atoms with Gasteiger partial charge in [-0.3, -0.25) is 9.59 Å². The van der Waals surface area contributed by atoms with Gasteiger partial charge in [0, 0.05) is 24.6 Å². The van der Waals surface area contributed by atoms with Crippen molar-refractivity contribution < 1.29 is 49.3 Å². The second-order valence-corrected chi connectivity index (χ2v) is 7.92. The SMILES string of the molecule is CC(=O)OCC1OC(c2c(O)cc(O)c3c(=O)cc(-c4ccc(O)cc4)oc23)C(O)C(O)C1O. The minimum atomic E-state index is -1.79. The fourth-order valence-corrected chi connectivity index (χ4v) is 3.89. The molecule has 0 aliphatic carbocycles. The van der Waals surface area contributed by atoms with Gasteiger partial charge in [0.25, 0.3) is 0 Å². The van der Waals surface area contributed by atoms with Crippen LogP contribution < -0.4 is 5.43 Å². The van der Waals surface area contributed by atoms with Gasteiger partial charge in [-0.15, -0.1) is 0 Å². The maximum atomic E-state index is 12.8. The van der Waals surface area contributed by atoms with Crippen molar-refractivity contribution in [1.82, 2.24) is 0 Å². The molecule has 1 aliphatic rings. The van der Waals surface area contributed by atoms with Crippen LogP contribution in [-0.4, -0.2) is 67.6 Å². The molecule has 0 spiro atoms. The molecule has 11 heteroatoms. The average molecular weight is 474 g/mol. The Morgan fingerprint density at radius 3 is 2.29 bits per heavy atom. The highest BCUT2D eigenvalue weighted by Gasteiger charge is 2.46. The lowest BCUT2D eigenvalue weighted by molar-refractivity contribution is -0.234. The third kappa shape index (κ3) is 4.17. The molecule has 180 valence electrons. The molecule has 6 N–H and O–H groups in total. The minimum Gasteiger partial charge on any atom is -0.508 e. The number of phenolic OH excluding ortho intramolecular Hbond substituents is 3. The van der Waals surface area contributed by atoms with Gasteiger partial charge in [0.15, 0.2) is 11.0 Å². The summed E-state index contributed by atoms with van der Waals surface area (Å²) in [5, 5.41) is 61.4. The van der Waals surface area contributed by atoms with Gasteiger partial charge in [-0.2, -0.15) is 0 Å². The van der Waals surface area contributed by atoms with Crippen LogP contribution >= 0.6 is 0 Å². The van der Waals surface area contributed by atoms with Crippen molar-refractivity contribution in [1.29, 1.82) is 0 Å². The van der Waals surface area contributed by atoms with E-state index in [2.05, 4.69) is 0 Å². The van der Waals surface area contributed by atoms with E-state index in [0.29, 0.717) is 5.56 Å². The van der Waals surface area contributed by atoms with E-state index < -0.39 is 60.0 Å². The van der Waals surface area contributed by atoms with E-state index in [1.165, 1.54) is 24.3 Å². The quantitative estimate of drug-likeness (QED) is 0.292. The fraction of sp³-hybridized carbons (Fsp3) is 0.304. The molecule has 3 aromatic rings. The monoisotopic (exact) mass is 474 g/mol. The van der Waals surface area contributed by atoms with Gasteiger partial charge in [0.2, 0.25) is 0 Å². The molecule has 1 fully saturated rings. The van der Waals surface area contributed by atoms with Crippen molar-refractivity contribution in [3.05, 3.63) is 52.2 Å². The van der Waals surface area contributed by atoms with Crippen molar-refractivity contribution in [2.45, 2.75) is 37.4 Å². The summed E-state index contributed by atoms with van der Waals surface area (Å²) < 4.78 is 16.4. The van der Waals surface area contributed by atoms with Gasteiger partial charge < -0.3 is 44.5 Å². The highest BCUT2D eigenvalue weighted by molar-refractivity contribution is 5.89. The summed E-state index contributed by atoms with van der Waals surface area (Å²) in [5.41, 5.74) is -0.881. The van der Waals surface area contributed by atoms with Crippen LogP contribution in [-0.2, 0) is 14.3 Å². The molecule has 0 radical (unpaired) electrons. The number of ether oxygens (including phenoxy) is 2. The molecule has 2 aromatic carbocycles. The van der Waals surface area contributed by atoms with Crippen LogP contribution in [0.5, 0.6) is 17.2 Å². The zero-order valence-corrected chi connectivity index (χ0v) is 17.8. The topological polar surface area (TPSA) is 187 Å². The molecule has 1 aliphatic heterocycles. The number of aliphatic hydroxyl groups excluding tert-OH is 3. The largest absolute Gasteiger partial charge is 0.508 e. The first kappa shape index (κ1) is 23.5. The Morgan fingerprint density at radius 1 is 0.971 bits per heavy atom. The number of rotatable bonds is 4. The highest BCUT2D eigenvalue weighted by atomic mass is 16.6. The molecular formula is C23H22O11. The first-order valence-corrected chi connectivity index (χ1v) is 10.2. The van der Waals surface area contributed by atoms with Crippen molar-refractivity contribution in [3.8, 4) is 28.6 Å². The molecule has 0 bridgehead atoms. The number of esters is 1. The molecule has 34 heavy (non-hydrogen) atoms. The molecule has 1 saturated heterocycles. The summed E-state index contributed by atoms with van der Waals surface area (Å²) in [6.45, 7) is 0.674. The number of phenols is 3. The summed E-state index contributed by atoms with van der Waals surface area (Å²) in [4.78, 5) is 24.0. The Kier molecular flexibility index (Phi) is 6.19. The first-order valence-electron chi connectivity index (χ1n) is 10.2. The molecule has 2 heterocycles. The number of carbonyl (C=O) groups is 1. The lowest BCUT2D eigenvalue weighted by Crippen LogP contribution is -2.55. The minimum absolute atomic E-state index is 0.0195. The lowest BCUT2D eigenvalue weighted by Gasteiger charge is -2.40. The molecular weight excluding hydrogens is 452 g/mol. The Bertz CT molecular complexity index is 1280. The molecule has 11 nitrogen and oxygen atoms in total. The van der Waals surface area contributed by atoms with Crippen LogP contribution in [0, 0.1) is 0 Å². The highest BCUT2D eigenvalue weighted by Crippen LogP contribution is 2.43. The van der Waals surface area contributed by atoms with Gasteiger partial charge in [-0.05, 0) is 24.3 Å². The predicted molar refractivity (Wildman–Crippen MR) is 115 cm³/mol. The number of carbonyl (C=O) groups excluding carboxylic acids is 1. The Morgan fingerprint density at radius 2 is 1.65 bits per heavy atom. The second kappa shape index (κ2) is 8.95. The molecule has 4 rings (SSSR count). The number of fused-ring (bicyclic) bond motifs is 1.